The molecule has 1 heterocycles. The number of hydrogen-bond acceptors (Lipinski definition) is 0. The van der Waals surface area contributed by atoms with Crippen LogP contribution in [0.15, 0.2) is 24.4 Å². The van der Waals surface area contributed by atoms with Gasteiger partial charge in [-0.1, -0.05) is 38.4 Å². The number of aromatic nitrogens is 1. The Kier molecular flexibility index (Phi) is 2.31. The zero-order valence-electron chi connectivity index (χ0n) is 9.63. The molecule has 15 heavy (non-hydrogen) atoms. The Morgan fingerprint density at radius 1 is 1.13 bits per heavy atom. The quantitative estimate of drug-likeness (QED) is 0.631. The van der Waals surface area contributed by atoms with Gasteiger partial charge in [0.15, 0.2) is 0 Å². The molecule has 0 saturated heterocycles. The first-order chi connectivity index (χ1) is 6.91. The van der Waals surface area contributed by atoms with Gasteiger partial charge in [-0.25, -0.2) is 0 Å². The molecule has 0 bridgehead atoms. The lowest BCUT2D eigenvalue weighted by molar-refractivity contribution is 0.593. The standard InChI is InChI=1S/C13H16ClN/c1-13(2,3)11-10(14)6-5-9-7-8-15(4)12(9)11/h5-8H,1-4H3. The van der Waals surface area contributed by atoms with Gasteiger partial charge in [-0.3, -0.25) is 0 Å². The van der Waals surface area contributed by atoms with Gasteiger partial charge in [-0.2, -0.15) is 0 Å². The van der Waals surface area contributed by atoms with Gasteiger partial charge < -0.3 is 4.57 Å². The zero-order valence-corrected chi connectivity index (χ0v) is 10.4. The van der Waals surface area contributed by atoms with Crippen LogP contribution in [0.3, 0.4) is 0 Å². The predicted molar refractivity (Wildman–Crippen MR) is 66.6 cm³/mol. The van der Waals surface area contributed by atoms with Crippen LogP contribution in [0.25, 0.3) is 10.9 Å². The van der Waals surface area contributed by atoms with E-state index < -0.39 is 0 Å². The second-order valence-corrected chi connectivity index (χ2v) is 5.44. The average molecular weight is 222 g/mol. The predicted octanol–water partition coefficient (Wildman–Crippen LogP) is 4.13. The maximum absolute atomic E-state index is 6.30. The van der Waals surface area contributed by atoms with E-state index in [0.29, 0.717) is 0 Å². The molecule has 0 fully saturated rings. The van der Waals surface area contributed by atoms with E-state index >= 15 is 0 Å². The van der Waals surface area contributed by atoms with E-state index in [2.05, 4.69) is 50.7 Å². The van der Waals surface area contributed by atoms with Crippen LogP contribution in [-0.4, -0.2) is 4.57 Å². The van der Waals surface area contributed by atoms with Crippen molar-refractivity contribution in [1.29, 1.82) is 0 Å². The van der Waals surface area contributed by atoms with E-state index in [0.717, 1.165) is 5.02 Å². The van der Waals surface area contributed by atoms with Crippen LogP contribution in [0, 0.1) is 0 Å². The molecule has 0 aliphatic carbocycles. The van der Waals surface area contributed by atoms with Gasteiger partial charge >= 0.3 is 0 Å². The summed E-state index contributed by atoms with van der Waals surface area (Å²) in [5, 5.41) is 2.11. The third kappa shape index (κ3) is 1.65. The molecule has 2 heteroatoms. The number of halogens is 1. The van der Waals surface area contributed by atoms with E-state index in [-0.39, 0.29) is 5.41 Å². The summed E-state index contributed by atoms with van der Waals surface area (Å²) in [7, 11) is 2.06. The van der Waals surface area contributed by atoms with Crippen LogP contribution >= 0.6 is 11.6 Å². The van der Waals surface area contributed by atoms with Gasteiger partial charge in [-0.05, 0) is 22.9 Å². The van der Waals surface area contributed by atoms with Gasteiger partial charge in [0, 0.05) is 23.8 Å². The molecule has 2 rings (SSSR count). The molecule has 80 valence electrons. The van der Waals surface area contributed by atoms with Crippen LogP contribution in [0.4, 0.5) is 0 Å². The fourth-order valence-corrected chi connectivity index (χ4v) is 2.51. The molecular weight excluding hydrogens is 206 g/mol. The minimum absolute atomic E-state index is 0.0721. The number of rotatable bonds is 0. The first-order valence-corrected chi connectivity index (χ1v) is 5.53. The van der Waals surface area contributed by atoms with Crippen molar-refractivity contribution in [2.24, 2.45) is 7.05 Å². The van der Waals surface area contributed by atoms with Crippen molar-refractivity contribution < 1.29 is 0 Å². The minimum Gasteiger partial charge on any atom is -0.350 e. The Morgan fingerprint density at radius 3 is 2.40 bits per heavy atom. The molecule has 0 spiro atoms. The summed E-state index contributed by atoms with van der Waals surface area (Å²) in [6.07, 6.45) is 2.08. The highest BCUT2D eigenvalue weighted by molar-refractivity contribution is 6.32. The van der Waals surface area contributed by atoms with Crippen molar-refractivity contribution in [2.75, 3.05) is 0 Å². The van der Waals surface area contributed by atoms with Crippen LogP contribution in [0.1, 0.15) is 26.3 Å². The molecule has 2 aromatic rings. The van der Waals surface area contributed by atoms with Gasteiger partial charge in [0.25, 0.3) is 0 Å². The Hall–Kier alpha value is -0.950. The summed E-state index contributed by atoms with van der Waals surface area (Å²) in [5.74, 6) is 0. The SMILES string of the molecule is Cn1ccc2ccc(Cl)c(C(C)(C)C)c21. The topological polar surface area (TPSA) is 4.93 Å². The van der Waals surface area contributed by atoms with E-state index in [4.69, 9.17) is 11.6 Å². The molecule has 0 amide bonds. The molecule has 0 aliphatic heterocycles. The maximum Gasteiger partial charge on any atom is 0.0530 e. The smallest absolute Gasteiger partial charge is 0.0530 e. The average Bonchev–Trinajstić information content (AvgIpc) is 2.46. The van der Waals surface area contributed by atoms with Crippen LogP contribution in [0.2, 0.25) is 5.02 Å². The zero-order chi connectivity index (χ0) is 11.2. The van der Waals surface area contributed by atoms with Crippen molar-refractivity contribution >= 4 is 22.5 Å². The van der Waals surface area contributed by atoms with Gasteiger partial charge in [-0.15, -0.1) is 0 Å². The molecule has 1 aromatic heterocycles. The Balaban J connectivity index is 2.90. The lowest BCUT2D eigenvalue weighted by Gasteiger charge is -2.22. The van der Waals surface area contributed by atoms with Crippen LogP contribution in [-0.2, 0) is 12.5 Å². The number of nitrogens with zero attached hydrogens (tertiary/aromatic N) is 1. The summed E-state index contributed by atoms with van der Waals surface area (Å²) in [6.45, 7) is 6.59. The molecule has 0 atom stereocenters. The molecule has 0 radical (unpaired) electrons. The van der Waals surface area contributed by atoms with Crippen molar-refractivity contribution in [2.45, 2.75) is 26.2 Å². The fraction of sp³-hybridized carbons (Fsp3) is 0.385. The second-order valence-electron chi connectivity index (χ2n) is 5.04. The first-order valence-electron chi connectivity index (χ1n) is 5.15. The number of aryl methyl sites for hydroxylation is 1. The van der Waals surface area contributed by atoms with E-state index in [1.54, 1.807) is 0 Å². The Bertz CT molecular complexity index is 503. The molecule has 0 saturated carbocycles. The largest absolute Gasteiger partial charge is 0.350 e. The minimum atomic E-state index is 0.0721. The third-order valence-electron chi connectivity index (χ3n) is 2.74. The van der Waals surface area contributed by atoms with E-state index in [9.17, 15) is 0 Å². The highest BCUT2D eigenvalue weighted by atomic mass is 35.5. The van der Waals surface area contributed by atoms with Gasteiger partial charge in [0.1, 0.15) is 0 Å². The van der Waals surface area contributed by atoms with Crippen molar-refractivity contribution in [3.05, 3.63) is 35.0 Å². The molecular formula is C13H16ClN. The van der Waals surface area contributed by atoms with Crippen molar-refractivity contribution in [3.8, 4) is 0 Å². The monoisotopic (exact) mass is 221 g/mol. The Morgan fingerprint density at radius 2 is 1.80 bits per heavy atom. The summed E-state index contributed by atoms with van der Waals surface area (Å²) in [4.78, 5) is 0. The van der Waals surface area contributed by atoms with Crippen LogP contribution < -0.4 is 0 Å². The summed E-state index contributed by atoms with van der Waals surface area (Å²) < 4.78 is 2.14. The number of benzene rings is 1. The number of hydrogen-bond donors (Lipinski definition) is 0. The molecule has 1 nitrogen and oxygen atoms in total. The summed E-state index contributed by atoms with van der Waals surface area (Å²) in [5.41, 5.74) is 2.55. The molecule has 0 aliphatic rings. The number of fused-ring (bicyclic) bond motifs is 1. The highest BCUT2D eigenvalue weighted by Gasteiger charge is 2.21. The first kappa shape index (κ1) is 10.6. The molecule has 1 aromatic carbocycles. The maximum atomic E-state index is 6.30. The van der Waals surface area contributed by atoms with Crippen molar-refractivity contribution in [3.63, 3.8) is 0 Å². The fourth-order valence-electron chi connectivity index (χ4n) is 2.08. The second kappa shape index (κ2) is 3.28. The summed E-state index contributed by atoms with van der Waals surface area (Å²) in [6, 6.07) is 6.19. The highest BCUT2D eigenvalue weighted by Crippen LogP contribution is 2.35. The van der Waals surface area contributed by atoms with E-state index in [1.807, 2.05) is 6.07 Å². The van der Waals surface area contributed by atoms with Gasteiger partial charge in [0.05, 0.1) is 5.52 Å². The van der Waals surface area contributed by atoms with Gasteiger partial charge in [0.2, 0.25) is 0 Å². The normalized spacial score (nSPS) is 12.3. The third-order valence-corrected chi connectivity index (χ3v) is 3.05. The van der Waals surface area contributed by atoms with Crippen molar-refractivity contribution in [1.82, 2.24) is 4.57 Å². The lowest BCUT2D eigenvalue weighted by atomic mass is 9.85. The summed E-state index contributed by atoms with van der Waals surface area (Å²) >= 11 is 6.30. The Labute approximate surface area is 95.7 Å². The van der Waals surface area contributed by atoms with Crippen LogP contribution in [0.5, 0.6) is 0 Å². The van der Waals surface area contributed by atoms with E-state index in [1.165, 1.54) is 16.5 Å². The molecule has 0 unspecified atom stereocenters. The lowest BCUT2D eigenvalue weighted by Crippen LogP contribution is -2.13. The molecule has 0 N–H and O–H groups in total.